The summed E-state index contributed by atoms with van der Waals surface area (Å²) >= 11 is 0. The van der Waals surface area contributed by atoms with Crippen molar-refractivity contribution in [3.05, 3.63) is 35.4 Å². The van der Waals surface area contributed by atoms with Gasteiger partial charge in [0.25, 0.3) is 0 Å². The van der Waals surface area contributed by atoms with Crippen molar-refractivity contribution < 1.29 is 9.53 Å². The molecule has 3 nitrogen and oxygen atoms in total. The molecule has 1 atom stereocenters. The number of Topliss-reactive ketones (excluding diaryl/α,β-unsaturated/α-hetero) is 1. The Bertz CT molecular complexity index is 425. The fraction of sp³-hybridized carbons (Fsp3) is 0.562. The van der Waals surface area contributed by atoms with E-state index >= 15 is 0 Å². The number of morpholine rings is 1. The zero-order valence-electron chi connectivity index (χ0n) is 12.1. The molecule has 1 saturated heterocycles. The molecular formula is C16H23NO2. The van der Waals surface area contributed by atoms with Crippen molar-refractivity contribution >= 4 is 5.78 Å². The van der Waals surface area contributed by atoms with Crippen molar-refractivity contribution in [2.75, 3.05) is 26.3 Å². The molecule has 1 aliphatic heterocycles. The highest BCUT2D eigenvalue weighted by molar-refractivity contribution is 5.97. The third kappa shape index (κ3) is 3.64. The molecule has 0 spiro atoms. The molecular weight excluding hydrogens is 238 g/mol. The number of hydrogen-bond acceptors (Lipinski definition) is 3. The van der Waals surface area contributed by atoms with Crippen LogP contribution in [0.4, 0.5) is 0 Å². The van der Waals surface area contributed by atoms with Gasteiger partial charge in [0.2, 0.25) is 0 Å². The van der Waals surface area contributed by atoms with Gasteiger partial charge in [0.1, 0.15) is 0 Å². The fourth-order valence-electron chi connectivity index (χ4n) is 2.33. The van der Waals surface area contributed by atoms with E-state index in [-0.39, 0.29) is 5.78 Å². The third-order valence-electron chi connectivity index (χ3n) is 3.75. The zero-order chi connectivity index (χ0) is 13.8. The normalized spacial score (nSPS) is 20.7. The van der Waals surface area contributed by atoms with Crippen LogP contribution in [0.25, 0.3) is 0 Å². The number of carbonyl (C=O) groups is 1. The second-order valence-corrected chi connectivity index (χ2v) is 5.59. The van der Waals surface area contributed by atoms with Gasteiger partial charge in [0, 0.05) is 18.2 Å². The maximum Gasteiger partial charge on any atom is 0.176 e. The van der Waals surface area contributed by atoms with E-state index in [1.54, 1.807) is 0 Å². The van der Waals surface area contributed by atoms with Gasteiger partial charge in [-0.05, 0) is 18.4 Å². The average molecular weight is 261 g/mol. The minimum atomic E-state index is 0.198. The summed E-state index contributed by atoms with van der Waals surface area (Å²) in [6.45, 7) is 9.21. The number of ether oxygens (including phenoxy) is 1. The summed E-state index contributed by atoms with van der Waals surface area (Å²) in [6, 6.07) is 8.33. The van der Waals surface area contributed by atoms with Gasteiger partial charge in [-0.2, -0.15) is 0 Å². The summed E-state index contributed by atoms with van der Waals surface area (Å²) in [6.07, 6.45) is 0. The number of nitrogens with zero attached hydrogens (tertiary/aromatic N) is 1. The molecule has 1 heterocycles. The Balaban J connectivity index is 1.99. The molecule has 1 unspecified atom stereocenters. The van der Waals surface area contributed by atoms with E-state index in [1.807, 2.05) is 12.1 Å². The van der Waals surface area contributed by atoms with Crippen molar-refractivity contribution in [1.29, 1.82) is 0 Å². The van der Waals surface area contributed by atoms with Crippen LogP contribution in [0.3, 0.4) is 0 Å². The highest BCUT2D eigenvalue weighted by Gasteiger charge is 2.21. The van der Waals surface area contributed by atoms with Crippen LogP contribution in [0, 0.1) is 0 Å². The van der Waals surface area contributed by atoms with Gasteiger partial charge in [-0.25, -0.2) is 0 Å². The topological polar surface area (TPSA) is 29.5 Å². The lowest BCUT2D eigenvalue weighted by molar-refractivity contribution is 0.00201. The Labute approximate surface area is 115 Å². The van der Waals surface area contributed by atoms with Gasteiger partial charge in [0.05, 0.1) is 19.8 Å². The number of benzene rings is 1. The van der Waals surface area contributed by atoms with Crippen molar-refractivity contribution in [3.8, 4) is 0 Å². The predicted octanol–water partition coefficient (Wildman–Crippen LogP) is 2.71. The second kappa shape index (κ2) is 6.31. The van der Waals surface area contributed by atoms with E-state index in [0.29, 0.717) is 18.5 Å². The summed E-state index contributed by atoms with van der Waals surface area (Å²) in [5, 5.41) is 0. The highest BCUT2D eigenvalue weighted by atomic mass is 16.5. The number of carbonyl (C=O) groups excluding carboxylic acids is 1. The predicted molar refractivity (Wildman–Crippen MR) is 76.7 cm³/mol. The van der Waals surface area contributed by atoms with E-state index in [0.717, 1.165) is 25.3 Å². The lowest BCUT2D eigenvalue weighted by Crippen LogP contribution is -2.45. The maximum absolute atomic E-state index is 12.3. The lowest BCUT2D eigenvalue weighted by Gasteiger charge is -2.32. The Kier molecular flexibility index (Phi) is 4.72. The molecule has 3 heteroatoms. The van der Waals surface area contributed by atoms with E-state index in [1.165, 1.54) is 5.56 Å². The van der Waals surface area contributed by atoms with Gasteiger partial charge < -0.3 is 4.74 Å². The summed E-state index contributed by atoms with van der Waals surface area (Å²) < 4.78 is 5.39. The maximum atomic E-state index is 12.3. The number of hydrogen-bond donors (Lipinski definition) is 0. The van der Waals surface area contributed by atoms with Crippen LogP contribution < -0.4 is 0 Å². The Morgan fingerprint density at radius 2 is 2.05 bits per heavy atom. The van der Waals surface area contributed by atoms with Crippen LogP contribution in [-0.4, -0.2) is 43.0 Å². The quantitative estimate of drug-likeness (QED) is 0.780. The standard InChI is InChI=1S/C16H23NO2/c1-12(2)14-4-6-15(7-5-14)16(18)10-17-8-9-19-11-13(17)3/h4-7,12-13H,8-11H2,1-3H3. The summed E-state index contributed by atoms with van der Waals surface area (Å²) in [7, 11) is 0. The minimum absolute atomic E-state index is 0.198. The number of ketones is 1. The van der Waals surface area contributed by atoms with E-state index in [4.69, 9.17) is 4.74 Å². The molecule has 0 N–H and O–H groups in total. The zero-order valence-corrected chi connectivity index (χ0v) is 12.1. The van der Waals surface area contributed by atoms with Gasteiger partial charge in [-0.3, -0.25) is 9.69 Å². The monoisotopic (exact) mass is 261 g/mol. The van der Waals surface area contributed by atoms with Crippen LogP contribution in [0.5, 0.6) is 0 Å². The molecule has 1 fully saturated rings. The largest absolute Gasteiger partial charge is 0.379 e. The van der Waals surface area contributed by atoms with E-state index in [2.05, 4.69) is 37.8 Å². The molecule has 0 aromatic heterocycles. The molecule has 0 aliphatic carbocycles. The Hall–Kier alpha value is -1.19. The highest BCUT2D eigenvalue weighted by Crippen LogP contribution is 2.15. The van der Waals surface area contributed by atoms with E-state index in [9.17, 15) is 4.79 Å². The van der Waals surface area contributed by atoms with Crippen LogP contribution in [0.1, 0.15) is 42.6 Å². The SMILES string of the molecule is CC(C)c1ccc(C(=O)CN2CCOCC2C)cc1. The van der Waals surface area contributed by atoms with Gasteiger partial charge in [0.15, 0.2) is 5.78 Å². The molecule has 0 bridgehead atoms. The summed E-state index contributed by atoms with van der Waals surface area (Å²) in [4.78, 5) is 14.5. The van der Waals surface area contributed by atoms with E-state index < -0.39 is 0 Å². The van der Waals surface area contributed by atoms with Gasteiger partial charge in [-0.15, -0.1) is 0 Å². The molecule has 19 heavy (non-hydrogen) atoms. The second-order valence-electron chi connectivity index (χ2n) is 5.59. The first-order valence-electron chi connectivity index (χ1n) is 7.03. The molecule has 0 amide bonds. The van der Waals surface area contributed by atoms with Crippen LogP contribution in [-0.2, 0) is 4.74 Å². The van der Waals surface area contributed by atoms with Crippen LogP contribution in [0.15, 0.2) is 24.3 Å². The first-order chi connectivity index (χ1) is 9.08. The molecule has 1 aromatic carbocycles. The molecule has 104 valence electrons. The Morgan fingerprint density at radius 3 is 2.63 bits per heavy atom. The number of rotatable bonds is 4. The average Bonchev–Trinajstić information content (AvgIpc) is 2.41. The first kappa shape index (κ1) is 14.2. The molecule has 1 aromatic rings. The fourth-order valence-corrected chi connectivity index (χ4v) is 2.33. The summed E-state index contributed by atoms with van der Waals surface area (Å²) in [5.74, 6) is 0.701. The molecule has 0 saturated carbocycles. The smallest absolute Gasteiger partial charge is 0.176 e. The third-order valence-corrected chi connectivity index (χ3v) is 3.75. The molecule has 0 radical (unpaired) electrons. The first-order valence-corrected chi connectivity index (χ1v) is 7.03. The van der Waals surface area contributed by atoms with Crippen molar-refractivity contribution in [2.45, 2.75) is 32.7 Å². The lowest BCUT2D eigenvalue weighted by atomic mass is 10.0. The van der Waals surface area contributed by atoms with Crippen molar-refractivity contribution in [3.63, 3.8) is 0 Å². The van der Waals surface area contributed by atoms with Gasteiger partial charge in [-0.1, -0.05) is 38.1 Å². The minimum Gasteiger partial charge on any atom is -0.379 e. The van der Waals surface area contributed by atoms with Crippen LogP contribution in [0.2, 0.25) is 0 Å². The van der Waals surface area contributed by atoms with Crippen LogP contribution >= 0.6 is 0 Å². The summed E-state index contributed by atoms with van der Waals surface area (Å²) in [5.41, 5.74) is 2.08. The van der Waals surface area contributed by atoms with Gasteiger partial charge >= 0.3 is 0 Å². The molecule has 2 rings (SSSR count). The Morgan fingerprint density at radius 1 is 1.37 bits per heavy atom. The van der Waals surface area contributed by atoms with Crippen molar-refractivity contribution in [1.82, 2.24) is 4.90 Å². The van der Waals surface area contributed by atoms with Crippen molar-refractivity contribution in [2.24, 2.45) is 0 Å². The molecule has 1 aliphatic rings.